The SMILES string of the molecule is CCO[C@H]1OC(C(=O)N2CCCCCCC2)=C[C@@H](c2coc3ccccc23)[C@@H]1CCCO. The van der Waals surface area contributed by atoms with Gasteiger partial charge in [-0.25, -0.2) is 0 Å². The number of furan rings is 1. The van der Waals surface area contributed by atoms with Crippen molar-refractivity contribution in [1.82, 2.24) is 4.90 Å². The number of carbonyl (C=O) groups excluding carboxylic acids is 1. The molecule has 2 aromatic rings. The number of rotatable bonds is 7. The Bertz CT molecular complexity index is 912. The lowest BCUT2D eigenvalue weighted by atomic mass is 9.80. The Hall–Kier alpha value is -2.31. The summed E-state index contributed by atoms with van der Waals surface area (Å²) in [6.45, 7) is 4.08. The molecule has 0 saturated carbocycles. The number of likely N-dealkylation sites (tertiary alicyclic amines) is 1. The number of hydrogen-bond donors (Lipinski definition) is 1. The predicted molar refractivity (Wildman–Crippen MR) is 123 cm³/mol. The van der Waals surface area contributed by atoms with Crippen LogP contribution in [0.4, 0.5) is 0 Å². The first-order chi connectivity index (χ1) is 15.7. The summed E-state index contributed by atoms with van der Waals surface area (Å²) in [5.41, 5.74) is 1.86. The van der Waals surface area contributed by atoms with E-state index in [0.29, 0.717) is 18.8 Å². The van der Waals surface area contributed by atoms with E-state index < -0.39 is 6.29 Å². The lowest BCUT2D eigenvalue weighted by Crippen LogP contribution is -2.41. The molecule has 6 heteroatoms. The van der Waals surface area contributed by atoms with Gasteiger partial charge in [0.05, 0.1) is 6.26 Å². The van der Waals surface area contributed by atoms with Gasteiger partial charge in [-0.05, 0) is 44.7 Å². The van der Waals surface area contributed by atoms with Crippen molar-refractivity contribution in [3.05, 3.63) is 47.9 Å². The van der Waals surface area contributed by atoms with Gasteiger partial charge in [-0.15, -0.1) is 0 Å². The van der Waals surface area contributed by atoms with Gasteiger partial charge in [0, 0.05) is 49.1 Å². The molecule has 1 aromatic heterocycles. The monoisotopic (exact) mass is 441 g/mol. The van der Waals surface area contributed by atoms with Crippen molar-refractivity contribution < 1.29 is 23.8 Å². The third-order valence-electron chi connectivity index (χ3n) is 6.64. The minimum Gasteiger partial charge on any atom is -0.464 e. The van der Waals surface area contributed by atoms with Gasteiger partial charge in [0.25, 0.3) is 5.91 Å². The molecule has 2 aliphatic heterocycles. The Morgan fingerprint density at radius 1 is 1.16 bits per heavy atom. The van der Waals surface area contributed by atoms with E-state index in [1.807, 2.05) is 36.1 Å². The van der Waals surface area contributed by atoms with E-state index in [2.05, 4.69) is 6.07 Å². The molecule has 1 aromatic carbocycles. The van der Waals surface area contributed by atoms with Crippen LogP contribution in [0.5, 0.6) is 0 Å². The third-order valence-corrected chi connectivity index (χ3v) is 6.64. The van der Waals surface area contributed by atoms with Gasteiger partial charge in [-0.2, -0.15) is 0 Å². The van der Waals surface area contributed by atoms with Crippen molar-refractivity contribution in [2.24, 2.45) is 5.92 Å². The van der Waals surface area contributed by atoms with E-state index >= 15 is 0 Å². The van der Waals surface area contributed by atoms with Crippen molar-refractivity contribution in [3.63, 3.8) is 0 Å². The maximum Gasteiger partial charge on any atom is 0.288 e. The number of aliphatic hydroxyl groups is 1. The Morgan fingerprint density at radius 3 is 2.66 bits per heavy atom. The molecule has 0 radical (unpaired) electrons. The molecular formula is C26H35NO5. The smallest absolute Gasteiger partial charge is 0.288 e. The average molecular weight is 442 g/mol. The zero-order valence-corrected chi connectivity index (χ0v) is 19.0. The molecule has 1 N–H and O–H groups in total. The first-order valence-corrected chi connectivity index (χ1v) is 12.1. The fourth-order valence-electron chi connectivity index (χ4n) is 4.98. The van der Waals surface area contributed by atoms with E-state index in [0.717, 1.165) is 61.7 Å². The van der Waals surface area contributed by atoms with Crippen LogP contribution in [0, 0.1) is 5.92 Å². The molecule has 174 valence electrons. The molecule has 3 atom stereocenters. The molecule has 1 amide bonds. The Kier molecular flexibility index (Phi) is 7.87. The van der Waals surface area contributed by atoms with E-state index in [1.165, 1.54) is 6.42 Å². The second-order valence-electron chi connectivity index (χ2n) is 8.78. The molecule has 4 rings (SSSR count). The summed E-state index contributed by atoms with van der Waals surface area (Å²) in [7, 11) is 0. The van der Waals surface area contributed by atoms with Gasteiger partial charge >= 0.3 is 0 Å². The molecule has 32 heavy (non-hydrogen) atoms. The van der Waals surface area contributed by atoms with Crippen molar-refractivity contribution in [2.45, 2.75) is 64.1 Å². The number of carbonyl (C=O) groups is 1. The minimum absolute atomic E-state index is 0.0213. The molecule has 1 fully saturated rings. The number of ether oxygens (including phenoxy) is 2. The lowest BCUT2D eigenvalue weighted by Gasteiger charge is -2.38. The Balaban J connectivity index is 1.70. The van der Waals surface area contributed by atoms with Crippen molar-refractivity contribution in [1.29, 1.82) is 0 Å². The van der Waals surface area contributed by atoms with Crippen molar-refractivity contribution >= 4 is 16.9 Å². The van der Waals surface area contributed by atoms with Crippen LogP contribution in [0.3, 0.4) is 0 Å². The summed E-state index contributed by atoms with van der Waals surface area (Å²) >= 11 is 0. The second-order valence-corrected chi connectivity index (χ2v) is 8.78. The molecule has 6 nitrogen and oxygen atoms in total. The molecule has 0 spiro atoms. The first kappa shape index (κ1) is 22.9. The normalized spacial score (nSPS) is 24.5. The number of hydrogen-bond acceptors (Lipinski definition) is 5. The Labute approximate surface area is 190 Å². The van der Waals surface area contributed by atoms with Crippen LogP contribution in [0.2, 0.25) is 0 Å². The lowest BCUT2D eigenvalue weighted by molar-refractivity contribution is -0.170. The number of fused-ring (bicyclic) bond motifs is 1. The van der Waals surface area contributed by atoms with Gasteiger partial charge in [0.15, 0.2) is 5.76 Å². The molecule has 2 aliphatic rings. The minimum atomic E-state index is -0.538. The summed E-state index contributed by atoms with van der Waals surface area (Å²) in [6, 6.07) is 7.96. The zero-order chi connectivity index (χ0) is 22.3. The number of amides is 1. The maximum atomic E-state index is 13.5. The predicted octanol–water partition coefficient (Wildman–Crippen LogP) is 4.97. The number of para-hydroxylation sites is 1. The standard InChI is InChI=1S/C26H35NO5/c1-2-30-26-20(12-10-16-28)21(22-18-31-23-13-7-6-11-19(22)23)17-24(32-26)25(29)27-14-8-4-3-5-9-15-27/h6-7,11,13,17-18,20-21,26,28H,2-5,8-10,12,14-16H2,1H3/t20-,21+,26-/m0/s1. The van der Waals surface area contributed by atoms with Crippen LogP contribution in [-0.4, -0.2) is 48.5 Å². The fraction of sp³-hybridized carbons (Fsp3) is 0.577. The summed E-state index contributed by atoms with van der Waals surface area (Å²) in [4.78, 5) is 15.4. The zero-order valence-electron chi connectivity index (χ0n) is 19.0. The molecule has 0 bridgehead atoms. The molecule has 3 heterocycles. The first-order valence-electron chi connectivity index (χ1n) is 12.1. The number of benzene rings is 1. The highest BCUT2D eigenvalue weighted by molar-refractivity contribution is 5.92. The van der Waals surface area contributed by atoms with E-state index in [4.69, 9.17) is 13.9 Å². The van der Waals surface area contributed by atoms with E-state index in [9.17, 15) is 9.90 Å². The van der Waals surface area contributed by atoms with Crippen LogP contribution >= 0.6 is 0 Å². The van der Waals surface area contributed by atoms with Gasteiger partial charge in [-0.1, -0.05) is 37.5 Å². The highest BCUT2D eigenvalue weighted by atomic mass is 16.7. The highest BCUT2D eigenvalue weighted by Gasteiger charge is 2.39. The number of nitrogens with zero attached hydrogens (tertiary/aromatic N) is 1. The number of aliphatic hydroxyl groups excluding tert-OH is 1. The van der Waals surface area contributed by atoms with Crippen LogP contribution in [0.15, 0.2) is 46.8 Å². The fourth-order valence-corrected chi connectivity index (χ4v) is 4.98. The quantitative estimate of drug-likeness (QED) is 0.656. The largest absolute Gasteiger partial charge is 0.464 e. The topological polar surface area (TPSA) is 72.1 Å². The van der Waals surface area contributed by atoms with Crippen LogP contribution in [-0.2, 0) is 14.3 Å². The summed E-state index contributed by atoms with van der Waals surface area (Å²) in [6.07, 6.45) is 10.2. The van der Waals surface area contributed by atoms with E-state index in [-0.39, 0.29) is 24.3 Å². The third kappa shape index (κ3) is 5.02. The molecule has 0 unspecified atom stereocenters. The molecule has 1 saturated heterocycles. The van der Waals surface area contributed by atoms with Crippen LogP contribution < -0.4 is 0 Å². The van der Waals surface area contributed by atoms with Crippen molar-refractivity contribution in [3.8, 4) is 0 Å². The van der Waals surface area contributed by atoms with Crippen LogP contribution in [0.1, 0.15) is 63.4 Å². The molecular weight excluding hydrogens is 406 g/mol. The van der Waals surface area contributed by atoms with E-state index in [1.54, 1.807) is 6.26 Å². The van der Waals surface area contributed by atoms with Gasteiger partial charge in [0.2, 0.25) is 6.29 Å². The second kappa shape index (κ2) is 11.0. The summed E-state index contributed by atoms with van der Waals surface area (Å²) in [5.74, 6) is 0.214. The van der Waals surface area contributed by atoms with Gasteiger partial charge < -0.3 is 23.9 Å². The summed E-state index contributed by atoms with van der Waals surface area (Å²) in [5, 5.41) is 10.5. The summed E-state index contributed by atoms with van der Waals surface area (Å²) < 4.78 is 18.0. The average Bonchev–Trinajstić information content (AvgIpc) is 3.21. The number of allylic oxidation sites excluding steroid dienone is 1. The highest BCUT2D eigenvalue weighted by Crippen LogP contribution is 2.42. The Morgan fingerprint density at radius 2 is 1.91 bits per heavy atom. The maximum absolute atomic E-state index is 13.5. The van der Waals surface area contributed by atoms with Crippen LogP contribution in [0.25, 0.3) is 11.0 Å². The molecule has 0 aliphatic carbocycles. The van der Waals surface area contributed by atoms with Gasteiger partial charge in [-0.3, -0.25) is 4.79 Å². The van der Waals surface area contributed by atoms with Gasteiger partial charge in [0.1, 0.15) is 5.58 Å². The van der Waals surface area contributed by atoms with Crippen molar-refractivity contribution in [2.75, 3.05) is 26.3 Å².